The standard InChI is InChI=1S/C28H30ClF2N3O4/c1-28(2,27(32)37)17-5-3-4-15(8-17)26(36)34-22-7-6-14(22)9-23(34)25(35)33-24(16-12-38-13-16)18-10-21(31)19(29)11-20(18)30/h3-5,8,10-11,14,16,22-24H,6-7,9,12-13H2,1-2H3,(H2,32,37)(H,33,35)/t14-,22-,23-,24-/m1/s1. The van der Waals surface area contributed by atoms with E-state index < -0.39 is 40.9 Å². The Balaban J connectivity index is 1.42. The van der Waals surface area contributed by atoms with Crippen molar-refractivity contribution in [3.63, 3.8) is 0 Å². The van der Waals surface area contributed by atoms with Crippen LogP contribution in [0.3, 0.4) is 0 Å². The molecule has 202 valence electrons. The molecule has 38 heavy (non-hydrogen) atoms. The molecule has 0 spiro atoms. The first-order valence-electron chi connectivity index (χ1n) is 12.7. The highest BCUT2D eigenvalue weighted by Crippen LogP contribution is 2.45. The molecular formula is C28H30ClF2N3O4. The SMILES string of the molecule is CC(C)(C(N)=O)c1cccc(C(=O)N2[C@@H](C(=O)N[C@@H](c3cc(F)c(Cl)cc3F)C3COC3)C[C@H]3CC[C@H]32)c1. The van der Waals surface area contributed by atoms with E-state index in [1.54, 1.807) is 43.0 Å². The van der Waals surface area contributed by atoms with Gasteiger partial charge in [-0.3, -0.25) is 14.4 Å². The lowest BCUT2D eigenvalue weighted by Crippen LogP contribution is -2.53. The summed E-state index contributed by atoms with van der Waals surface area (Å²) < 4.78 is 34.4. The van der Waals surface area contributed by atoms with Gasteiger partial charge >= 0.3 is 0 Å². The third-order valence-corrected chi connectivity index (χ3v) is 8.68. The molecule has 3 aliphatic rings. The van der Waals surface area contributed by atoms with E-state index in [9.17, 15) is 23.2 Å². The number of likely N-dealkylation sites (tertiary alicyclic amines) is 1. The van der Waals surface area contributed by atoms with Crippen LogP contribution in [-0.4, -0.2) is 47.9 Å². The molecule has 3 N–H and O–H groups in total. The van der Waals surface area contributed by atoms with Gasteiger partial charge in [0, 0.05) is 23.1 Å². The predicted octanol–water partition coefficient (Wildman–Crippen LogP) is 3.88. The lowest BCUT2D eigenvalue weighted by molar-refractivity contribution is -0.128. The molecule has 0 bridgehead atoms. The van der Waals surface area contributed by atoms with E-state index in [2.05, 4.69) is 5.32 Å². The predicted molar refractivity (Wildman–Crippen MR) is 136 cm³/mol. The quantitative estimate of drug-likeness (QED) is 0.516. The highest BCUT2D eigenvalue weighted by Gasteiger charge is 2.52. The summed E-state index contributed by atoms with van der Waals surface area (Å²) in [6, 6.07) is 6.97. The minimum atomic E-state index is -0.979. The zero-order chi connectivity index (χ0) is 27.4. The summed E-state index contributed by atoms with van der Waals surface area (Å²) in [4.78, 5) is 41.0. The Hall–Kier alpha value is -3.04. The molecule has 2 heterocycles. The molecule has 3 amide bonds. The minimum Gasteiger partial charge on any atom is -0.381 e. The molecule has 7 nitrogen and oxygen atoms in total. The maximum absolute atomic E-state index is 14.8. The van der Waals surface area contributed by atoms with Crippen LogP contribution in [0.25, 0.3) is 0 Å². The first-order chi connectivity index (χ1) is 18.0. The number of carbonyl (C=O) groups excluding carboxylic acids is 3. The summed E-state index contributed by atoms with van der Waals surface area (Å²) in [7, 11) is 0. The van der Waals surface area contributed by atoms with Crippen molar-refractivity contribution in [2.75, 3.05) is 13.2 Å². The summed E-state index contributed by atoms with van der Waals surface area (Å²) >= 11 is 5.74. The number of nitrogens with one attached hydrogen (secondary N) is 1. The molecule has 10 heteroatoms. The first-order valence-corrected chi connectivity index (χ1v) is 13.1. The van der Waals surface area contributed by atoms with E-state index in [-0.39, 0.29) is 47.6 Å². The van der Waals surface area contributed by atoms with Gasteiger partial charge in [-0.05, 0) is 68.9 Å². The van der Waals surface area contributed by atoms with E-state index in [1.807, 2.05) is 0 Å². The van der Waals surface area contributed by atoms with Crippen LogP contribution < -0.4 is 11.1 Å². The lowest BCUT2D eigenvalue weighted by Gasteiger charge is -2.38. The number of halogens is 3. The number of nitrogens with two attached hydrogens (primary N) is 1. The first kappa shape index (κ1) is 26.6. The Morgan fingerprint density at radius 3 is 2.47 bits per heavy atom. The molecule has 1 saturated carbocycles. The zero-order valence-corrected chi connectivity index (χ0v) is 21.9. The van der Waals surface area contributed by atoms with Gasteiger partial charge in [-0.25, -0.2) is 8.78 Å². The number of carbonyl (C=O) groups is 3. The molecular weight excluding hydrogens is 516 g/mol. The number of amides is 3. The average molecular weight is 546 g/mol. The summed E-state index contributed by atoms with van der Waals surface area (Å²) in [5, 5.41) is 2.56. The maximum Gasteiger partial charge on any atom is 0.254 e. The van der Waals surface area contributed by atoms with Gasteiger partial charge in [0.1, 0.15) is 17.7 Å². The maximum atomic E-state index is 14.8. The van der Waals surface area contributed by atoms with Gasteiger partial charge in [-0.1, -0.05) is 23.7 Å². The highest BCUT2D eigenvalue weighted by atomic mass is 35.5. The normalized spacial score (nSPS) is 23.7. The van der Waals surface area contributed by atoms with Crippen molar-refractivity contribution >= 4 is 29.3 Å². The number of primary amides is 1. The smallest absolute Gasteiger partial charge is 0.254 e. The van der Waals surface area contributed by atoms with Gasteiger partial charge in [0.15, 0.2) is 0 Å². The third-order valence-electron chi connectivity index (χ3n) is 8.39. The molecule has 0 radical (unpaired) electrons. The molecule has 0 unspecified atom stereocenters. The highest BCUT2D eigenvalue weighted by molar-refractivity contribution is 6.30. The Morgan fingerprint density at radius 1 is 1.13 bits per heavy atom. The van der Waals surface area contributed by atoms with Crippen molar-refractivity contribution in [1.29, 1.82) is 0 Å². The van der Waals surface area contributed by atoms with E-state index >= 15 is 0 Å². The van der Waals surface area contributed by atoms with Crippen molar-refractivity contribution in [2.24, 2.45) is 17.6 Å². The van der Waals surface area contributed by atoms with Crippen LogP contribution >= 0.6 is 11.6 Å². The fourth-order valence-corrected chi connectivity index (χ4v) is 5.75. The number of hydrogen-bond acceptors (Lipinski definition) is 4. The summed E-state index contributed by atoms with van der Waals surface area (Å²) in [6.45, 7) is 3.96. The number of ether oxygens (including phenoxy) is 1. The van der Waals surface area contributed by atoms with Crippen LogP contribution in [0.2, 0.25) is 5.02 Å². The van der Waals surface area contributed by atoms with Crippen molar-refractivity contribution in [2.45, 2.75) is 56.7 Å². The van der Waals surface area contributed by atoms with Crippen LogP contribution in [-0.2, 0) is 19.7 Å². The van der Waals surface area contributed by atoms with Gasteiger partial charge in [0.25, 0.3) is 5.91 Å². The van der Waals surface area contributed by atoms with Crippen molar-refractivity contribution in [3.8, 4) is 0 Å². The van der Waals surface area contributed by atoms with Crippen molar-refractivity contribution in [3.05, 3.63) is 69.7 Å². The molecule has 0 aromatic heterocycles. The van der Waals surface area contributed by atoms with Crippen LogP contribution in [0.4, 0.5) is 8.78 Å². The van der Waals surface area contributed by atoms with Gasteiger partial charge in [0.2, 0.25) is 11.8 Å². The molecule has 2 aliphatic heterocycles. The minimum absolute atomic E-state index is 0.00576. The fourth-order valence-electron chi connectivity index (χ4n) is 5.60. The lowest BCUT2D eigenvalue weighted by atomic mass is 9.80. The second kappa shape index (κ2) is 9.93. The zero-order valence-electron chi connectivity index (χ0n) is 21.2. The largest absolute Gasteiger partial charge is 0.381 e. The van der Waals surface area contributed by atoms with E-state index in [1.165, 1.54) is 0 Å². The number of fused-ring (bicyclic) bond motifs is 1. The number of nitrogens with zero attached hydrogens (tertiary/aromatic N) is 1. The van der Waals surface area contributed by atoms with Crippen LogP contribution in [0.5, 0.6) is 0 Å². The van der Waals surface area contributed by atoms with Crippen LogP contribution in [0.15, 0.2) is 36.4 Å². The number of hydrogen-bond donors (Lipinski definition) is 2. The van der Waals surface area contributed by atoms with E-state index in [4.69, 9.17) is 22.1 Å². The van der Waals surface area contributed by atoms with Gasteiger partial charge in [-0.15, -0.1) is 0 Å². The molecule has 4 atom stereocenters. The average Bonchev–Trinajstić information content (AvgIpc) is 3.09. The summed E-state index contributed by atoms with van der Waals surface area (Å²) in [6.07, 6.45) is 2.17. The Kier molecular flexibility index (Phi) is 6.94. The third kappa shape index (κ3) is 4.56. The molecule has 2 saturated heterocycles. The molecule has 1 aliphatic carbocycles. The fraction of sp³-hybridized carbons (Fsp3) is 0.464. The molecule has 3 fully saturated rings. The van der Waals surface area contributed by atoms with E-state index in [0.29, 0.717) is 17.5 Å². The molecule has 5 rings (SSSR count). The summed E-state index contributed by atoms with van der Waals surface area (Å²) in [5.74, 6) is -2.81. The second-order valence-electron chi connectivity index (χ2n) is 11.0. The molecule has 2 aromatic carbocycles. The monoisotopic (exact) mass is 545 g/mol. The van der Waals surface area contributed by atoms with Crippen LogP contribution in [0, 0.1) is 23.5 Å². The van der Waals surface area contributed by atoms with Crippen LogP contribution in [0.1, 0.15) is 60.6 Å². The summed E-state index contributed by atoms with van der Waals surface area (Å²) in [5.41, 5.74) is 5.55. The van der Waals surface area contributed by atoms with Crippen molar-refractivity contribution in [1.82, 2.24) is 10.2 Å². The number of benzene rings is 2. The Bertz CT molecular complexity index is 1300. The van der Waals surface area contributed by atoms with E-state index in [0.717, 1.165) is 25.0 Å². The van der Waals surface area contributed by atoms with Gasteiger partial charge in [-0.2, -0.15) is 0 Å². The molecule has 2 aromatic rings. The van der Waals surface area contributed by atoms with Gasteiger partial charge in [0.05, 0.1) is 29.7 Å². The number of rotatable bonds is 7. The van der Waals surface area contributed by atoms with Gasteiger partial charge < -0.3 is 20.7 Å². The Morgan fingerprint density at radius 2 is 1.87 bits per heavy atom. The van der Waals surface area contributed by atoms with Crippen molar-refractivity contribution < 1.29 is 27.9 Å². The Labute approximate surface area is 224 Å². The topological polar surface area (TPSA) is 102 Å². The second-order valence-corrected chi connectivity index (χ2v) is 11.4.